The van der Waals surface area contributed by atoms with E-state index < -0.39 is 0 Å². The molecule has 3 aromatic heterocycles. The van der Waals surface area contributed by atoms with Gasteiger partial charge in [-0.15, -0.1) is 17.3 Å². The van der Waals surface area contributed by atoms with E-state index in [2.05, 4.69) is 160 Å². The number of imidazole rings is 1. The number of benzene rings is 4. The van der Waals surface area contributed by atoms with Crippen LogP contribution in [0.25, 0.3) is 22.7 Å². The Labute approximate surface area is 373 Å². The Bertz CT molecular complexity index is 2400. The molecule has 1 radical (unpaired) electrons. The zero-order valence-electron chi connectivity index (χ0n) is 34.3. The number of rotatable bonds is 4. The van der Waals surface area contributed by atoms with Crippen molar-refractivity contribution in [3.63, 3.8) is 0 Å². The summed E-state index contributed by atoms with van der Waals surface area (Å²) in [6.07, 6.45) is 4.20. The first-order chi connectivity index (χ1) is 26.7. The van der Waals surface area contributed by atoms with Crippen LogP contribution in [0.3, 0.4) is 0 Å². The normalized spacial score (nSPS) is 17.3. The number of para-hydroxylation sites is 4. The zero-order chi connectivity index (χ0) is 39.0. The predicted octanol–water partition coefficient (Wildman–Crippen LogP) is 7.30. The van der Waals surface area contributed by atoms with Gasteiger partial charge < -0.3 is 33.8 Å². The largest absolute Gasteiger partial charge is 1.00 e. The van der Waals surface area contributed by atoms with Crippen LogP contribution in [0.1, 0.15) is 91.0 Å². The van der Waals surface area contributed by atoms with E-state index in [9.17, 15) is 0 Å². The van der Waals surface area contributed by atoms with Gasteiger partial charge in [0.05, 0.1) is 17.1 Å². The van der Waals surface area contributed by atoms with Crippen LogP contribution in [0.5, 0.6) is 0 Å². The fraction of sp³-hybridized carbons (Fsp3) is 0.292. The topological polar surface area (TPSA) is 66.9 Å². The number of nitrogens with zero attached hydrogens (tertiary/aromatic N) is 8. The Morgan fingerprint density at radius 3 is 1.55 bits per heavy atom. The second-order valence-corrected chi connectivity index (χ2v) is 18.0. The van der Waals surface area contributed by atoms with Gasteiger partial charge >= 0.3 is 5.65 Å². The number of aromatic nitrogens is 6. The van der Waals surface area contributed by atoms with Gasteiger partial charge in [-0.2, -0.15) is 34.9 Å². The Hall–Kier alpha value is -4.51. The first kappa shape index (κ1) is 41.6. The molecule has 4 aromatic carbocycles. The first-order valence-electron chi connectivity index (χ1n) is 19.6. The molecule has 0 saturated heterocycles. The number of fused-ring (bicyclic) bond motifs is 4. The fourth-order valence-electron chi connectivity index (χ4n) is 9.41. The maximum Gasteiger partial charge on any atom is 0.327 e. The number of hydrogen-bond acceptors (Lipinski definition) is 6. The van der Waals surface area contributed by atoms with E-state index in [-0.39, 0.29) is 65.7 Å². The summed E-state index contributed by atoms with van der Waals surface area (Å²) in [5.41, 5.74) is 10.6. The molecular formula is C48H49IIrN8-2. The molecule has 0 bridgehead atoms. The smallest absolute Gasteiger partial charge is 0.327 e. The second kappa shape index (κ2) is 15.3. The molecule has 10 rings (SSSR count). The van der Waals surface area contributed by atoms with E-state index in [1.54, 1.807) is 0 Å². The van der Waals surface area contributed by atoms with E-state index in [0.717, 1.165) is 81.3 Å². The molecule has 0 N–H and O–H groups in total. The third kappa shape index (κ3) is 7.15. The molecule has 2 aliphatic carbocycles. The summed E-state index contributed by atoms with van der Waals surface area (Å²) < 4.78 is 4.30. The van der Waals surface area contributed by atoms with E-state index in [4.69, 9.17) is 19.9 Å². The van der Waals surface area contributed by atoms with Gasteiger partial charge in [-0.1, -0.05) is 110 Å². The minimum absolute atomic E-state index is 0. The van der Waals surface area contributed by atoms with E-state index >= 15 is 0 Å². The minimum atomic E-state index is 0. The van der Waals surface area contributed by atoms with Crippen LogP contribution in [0.15, 0.2) is 122 Å². The van der Waals surface area contributed by atoms with Crippen molar-refractivity contribution in [2.24, 2.45) is 0 Å². The van der Waals surface area contributed by atoms with E-state index in [1.165, 1.54) is 0 Å². The van der Waals surface area contributed by atoms with Crippen molar-refractivity contribution in [2.45, 2.75) is 89.9 Å². The van der Waals surface area contributed by atoms with Crippen LogP contribution in [0.2, 0.25) is 0 Å². The molecule has 0 fully saturated rings. The Kier molecular flexibility index (Phi) is 11.0. The van der Waals surface area contributed by atoms with Gasteiger partial charge in [-0.05, 0) is 49.2 Å². The van der Waals surface area contributed by atoms with Crippen LogP contribution in [-0.2, 0) is 41.8 Å². The van der Waals surface area contributed by atoms with Crippen molar-refractivity contribution in [1.82, 2.24) is 24.5 Å². The average Bonchev–Trinajstić information content (AvgIpc) is 3.86. The summed E-state index contributed by atoms with van der Waals surface area (Å²) in [4.78, 5) is 25.0. The van der Waals surface area contributed by atoms with Crippen molar-refractivity contribution >= 4 is 34.3 Å². The van der Waals surface area contributed by atoms with Crippen LogP contribution in [0.4, 0.5) is 23.0 Å². The summed E-state index contributed by atoms with van der Waals surface area (Å²) in [7, 11) is 0. The molecular weight excluding hydrogens is 1010 g/mol. The van der Waals surface area contributed by atoms with Crippen LogP contribution >= 0.6 is 0 Å². The average molecular weight is 1060 g/mol. The first-order valence-corrected chi connectivity index (χ1v) is 19.6. The zero-order valence-corrected chi connectivity index (χ0v) is 38.9. The Balaban J connectivity index is 0.000000171. The monoisotopic (exact) mass is 1060 g/mol. The van der Waals surface area contributed by atoms with Gasteiger partial charge in [-0.25, -0.2) is 19.5 Å². The molecule has 8 nitrogen and oxygen atoms in total. The molecule has 299 valence electrons. The van der Waals surface area contributed by atoms with Gasteiger partial charge in [0.15, 0.2) is 0 Å². The van der Waals surface area contributed by atoms with Crippen molar-refractivity contribution in [3.05, 3.63) is 157 Å². The molecule has 7 aromatic rings. The molecule has 3 aliphatic rings. The predicted molar refractivity (Wildman–Crippen MR) is 224 cm³/mol. The van der Waals surface area contributed by atoms with Crippen molar-refractivity contribution in [1.29, 1.82) is 0 Å². The summed E-state index contributed by atoms with van der Waals surface area (Å²) in [6, 6.07) is 42.4. The third-order valence-corrected chi connectivity index (χ3v) is 11.5. The van der Waals surface area contributed by atoms with Gasteiger partial charge in [-0.3, -0.25) is 0 Å². The quantitative estimate of drug-likeness (QED) is 0.105. The molecule has 0 unspecified atom stereocenters. The molecule has 4 heterocycles. The van der Waals surface area contributed by atoms with Crippen LogP contribution in [0, 0.1) is 12.7 Å². The Morgan fingerprint density at radius 1 is 0.552 bits per heavy atom. The number of anilines is 4. The molecule has 58 heavy (non-hydrogen) atoms. The van der Waals surface area contributed by atoms with Gasteiger partial charge in [0.2, 0.25) is 6.33 Å². The molecule has 0 atom stereocenters. The standard InChI is InChI=1S/C24H25N4.C24H24N4.HI.Ir/c2*1-23(2)15-24(3,4)20-19(23)25-21-22(26-20)28(18-13-9-6-10-14-18)16-27(21)17-11-7-5-8-12-17;;/h5-14,16H,15H2,1-4H3;5-13,16H,15H2,1-4H3;1H;/q+1;-2;;/p-1. The van der Waals surface area contributed by atoms with Crippen molar-refractivity contribution in [3.8, 4) is 11.4 Å². The van der Waals surface area contributed by atoms with Gasteiger partial charge in [0, 0.05) is 47.5 Å². The fourth-order valence-corrected chi connectivity index (χ4v) is 9.41. The van der Waals surface area contributed by atoms with Gasteiger partial charge in [0.1, 0.15) is 28.7 Å². The molecule has 0 saturated carbocycles. The summed E-state index contributed by atoms with van der Waals surface area (Å²) in [6.45, 7) is 20.3. The van der Waals surface area contributed by atoms with Crippen molar-refractivity contribution < 1.29 is 48.6 Å². The molecule has 1 aliphatic heterocycles. The Morgan fingerprint density at radius 2 is 1.02 bits per heavy atom. The van der Waals surface area contributed by atoms with Crippen LogP contribution < -0.4 is 38.3 Å². The van der Waals surface area contributed by atoms with Crippen LogP contribution in [-0.4, -0.2) is 24.5 Å². The van der Waals surface area contributed by atoms with E-state index in [0.29, 0.717) is 0 Å². The summed E-state index contributed by atoms with van der Waals surface area (Å²) in [5, 5.41) is 0. The third-order valence-electron chi connectivity index (χ3n) is 11.5. The van der Waals surface area contributed by atoms with Crippen molar-refractivity contribution in [2.75, 3.05) is 9.80 Å². The number of hydrogen-bond donors (Lipinski definition) is 0. The molecule has 10 heteroatoms. The summed E-state index contributed by atoms with van der Waals surface area (Å²) in [5.74, 6) is 1.75. The van der Waals surface area contributed by atoms with E-state index in [1.807, 2.05) is 48.5 Å². The summed E-state index contributed by atoms with van der Waals surface area (Å²) >= 11 is 0. The SMILES string of the molecule is CC1(C)CC(C)(C)c2nc3c(nc21)N(c1[c-]cccc1)[CH-]N3c1ccccc1.CC1(C)CC(C)(C)c2nc3c(nc21)n(-c1ccccc1)c[n+]3-c1ccccc1.[I-].[Ir]. The maximum absolute atomic E-state index is 5.21. The molecule has 0 spiro atoms. The minimum Gasteiger partial charge on any atom is -1.00 e. The maximum atomic E-state index is 5.21. The molecule has 0 amide bonds. The van der Waals surface area contributed by atoms with Gasteiger partial charge in [0.25, 0.3) is 5.65 Å². The number of halogens is 1. The second-order valence-electron chi connectivity index (χ2n) is 18.0.